The fourth-order valence-corrected chi connectivity index (χ4v) is 8.06. The Morgan fingerprint density at radius 1 is 0.354 bits per heavy atom. The van der Waals surface area contributed by atoms with E-state index in [0.717, 1.165) is 49.7 Å². The van der Waals surface area contributed by atoms with Gasteiger partial charge in [-0.15, -0.1) is 22.7 Å². The van der Waals surface area contributed by atoms with E-state index in [9.17, 15) is 0 Å². The van der Waals surface area contributed by atoms with Crippen molar-refractivity contribution in [3.63, 3.8) is 0 Å². The summed E-state index contributed by atoms with van der Waals surface area (Å²) in [5, 5.41) is 2.29. The van der Waals surface area contributed by atoms with Crippen molar-refractivity contribution in [1.82, 2.24) is 15.0 Å². The molecule has 0 aliphatic heterocycles. The molecule has 9 aromatic rings. The second-order valence-electron chi connectivity index (χ2n) is 11.7. The summed E-state index contributed by atoms with van der Waals surface area (Å²) >= 11 is 3.54. The molecule has 3 heterocycles. The van der Waals surface area contributed by atoms with Crippen LogP contribution in [-0.2, 0) is 0 Å². The molecular formula is C43H27N3S2. The molecule has 3 aromatic heterocycles. The normalized spacial score (nSPS) is 11.3. The van der Waals surface area contributed by atoms with Gasteiger partial charge in [-0.2, -0.15) is 0 Å². The quantitative estimate of drug-likeness (QED) is 0.180. The standard InChI is InChI=1S/C43H27N3S2/c1-2-8-28(9-3-1)29-14-22-33(23-15-29)42-44-37(30-16-20-32(21-17-30)41-26-35-10-4-6-12-39(35)47-41)27-38(45-42)31-18-24-34(25-19-31)43-46-36-11-5-7-13-40(36)48-43/h1-27H. The first-order valence-electron chi connectivity index (χ1n) is 15.8. The highest BCUT2D eigenvalue weighted by atomic mass is 32.1. The number of fused-ring (bicyclic) bond motifs is 2. The Labute approximate surface area is 286 Å². The zero-order valence-electron chi connectivity index (χ0n) is 25.7. The summed E-state index contributed by atoms with van der Waals surface area (Å²) in [5.74, 6) is 0.700. The first kappa shape index (κ1) is 28.5. The van der Waals surface area contributed by atoms with Crippen LogP contribution in [0.5, 0.6) is 0 Å². The number of thiazole rings is 1. The molecule has 3 nitrogen and oxygen atoms in total. The maximum atomic E-state index is 5.11. The molecule has 5 heteroatoms. The zero-order chi connectivity index (χ0) is 31.9. The fourth-order valence-electron chi connectivity index (χ4n) is 6.02. The van der Waals surface area contributed by atoms with Gasteiger partial charge in [-0.05, 0) is 52.4 Å². The van der Waals surface area contributed by atoms with Gasteiger partial charge in [0.25, 0.3) is 0 Å². The molecule has 0 fully saturated rings. The molecule has 0 unspecified atom stereocenters. The van der Waals surface area contributed by atoms with Crippen molar-refractivity contribution >= 4 is 43.0 Å². The zero-order valence-corrected chi connectivity index (χ0v) is 27.4. The largest absolute Gasteiger partial charge is 0.236 e. The van der Waals surface area contributed by atoms with Crippen LogP contribution < -0.4 is 0 Å². The van der Waals surface area contributed by atoms with Crippen LogP contribution in [0.3, 0.4) is 0 Å². The van der Waals surface area contributed by atoms with Gasteiger partial charge >= 0.3 is 0 Å². The predicted molar refractivity (Wildman–Crippen MR) is 203 cm³/mol. The molecule has 0 atom stereocenters. The summed E-state index contributed by atoms with van der Waals surface area (Å²) in [4.78, 5) is 16.3. The van der Waals surface area contributed by atoms with Gasteiger partial charge in [0.1, 0.15) is 5.01 Å². The number of hydrogen-bond acceptors (Lipinski definition) is 5. The van der Waals surface area contributed by atoms with Crippen molar-refractivity contribution in [2.45, 2.75) is 0 Å². The smallest absolute Gasteiger partial charge is 0.160 e. The average molecular weight is 650 g/mol. The Morgan fingerprint density at radius 3 is 1.58 bits per heavy atom. The fraction of sp³-hybridized carbons (Fsp3) is 0. The summed E-state index contributed by atoms with van der Waals surface area (Å²) in [6, 6.07) is 57.4. The lowest BCUT2D eigenvalue weighted by atomic mass is 10.0. The SMILES string of the molecule is c1ccc(-c2ccc(-c3nc(-c4ccc(-c5cc6ccccc6s5)cc4)cc(-c4ccc(-c5nc6ccccc6s5)cc4)n3)cc2)cc1. The number of para-hydroxylation sites is 1. The van der Waals surface area contributed by atoms with Crippen LogP contribution in [0, 0.1) is 0 Å². The second kappa shape index (κ2) is 12.1. The van der Waals surface area contributed by atoms with Gasteiger partial charge in [0.05, 0.1) is 21.6 Å². The molecule has 0 radical (unpaired) electrons. The summed E-state index contributed by atoms with van der Waals surface area (Å²) < 4.78 is 2.49. The molecule has 6 aromatic carbocycles. The summed E-state index contributed by atoms with van der Waals surface area (Å²) in [5.41, 5.74) is 10.5. The van der Waals surface area contributed by atoms with Crippen molar-refractivity contribution in [2.24, 2.45) is 0 Å². The molecule has 9 rings (SSSR count). The molecule has 0 saturated carbocycles. The van der Waals surface area contributed by atoms with E-state index in [2.05, 4.69) is 152 Å². The Kier molecular flexibility index (Phi) is 7.19. The molecule has 0 amide bonds. The molecule has 48 heavy (non-hydrogen) atoms. The van der Waals surface area contributed by atoms with Gasteiger partial charge in [-0.1, -0.05) is 133 Å². The summed E-state index contributed by atoms with van der Waals surface area (Å²) in [7, 11) is 0. The highest BCUT2D eigenvalue weighted by Crippen LogP contribution is 2.36. The van der Waals surface area contributed by atoms with Gasteiger partial charge < -0.3 is 0 Å². The molecule has 0 bridgehead atoms. The van der Waals surface area contributed by atoms with Crippen molar-refractivity contribution in [1.29, 1.82) is 0 Å². The van der Waals surface area contributed by atoms with Crippen LogP contribution in [0.15, 0.2) is 164 Å². The van der Waals surface area contributed by atoms with Crippen LogP contribution in [0.1, 0.15) is 0 Å². The molecular weight excluding hydrogens is 623 g/mol. The average Bonchev–Trinajstić information content (AvgIpc) is 3.80. The van der Waals surface area contributed by atoms with Crippen molar-refractivity contribution < 1.29 is 0 Å². The minimum absolute atomic E-state index is 0.700. The van der Waals surface area contributed by atoms with Crippen LogP contribution in [0.2, 0.25) is 0 Å². The van der Waals surface area contributed by atoms with Gasteiger partial charge in [-0.25, -0.2) is 15.0 Å². The monoisotopic (exact) mass is 649 g/mol. The minimum Gasteiger partial charge on any atom is -0.236 e. The molecule has 0 saturated heterocycles. The third kappa shape index (κ3) is 5.49. The van der Waals surface area contributed by atoms with E-state index >= 15 is 0 Å². The number of aromatic nitrogens is 3. The maximum absolute atomic E-state index is 5.11. The summed E-state index contributed by atoms with van der Waals surface area (Å²) in [6.07, 6.45) is 0. The Balaban J connectivity index is 1.10. The number of rotatable bonds is 6. The van der Waals surface area contributed by atoms with Crippen LogP contribution in [-0.4, -0.2) is 15.0 Å². The van der Waals surface area contributed by atoms with Crippen molar-refractivity contribution in [2.75, 3.05) is 0 Å². The maximum Gasteiger partial charge on any atom is 0.160 e. The predicted octanol–water partition coefficient (Wildman–Crippen LogP) is 12.3. The van der Waals surface area contributed by atoms with E-state index in [4.69, 9.17) is 15.0 Å². The number of hydrogen-bond donors (Lipinski definition) is 0. The van der Waals surface area contributed by atoms with Crippen LogP contribution in [0.25, 0.3) is 86.3 Å². The van der Waals surface area contributed by atoms with Gasteiger partial charge in [0.2, 0.25) is 0 Å². The lowest BCUT2D eigenvalue weighted by Gasteiger charge is -2.11. The molecule has 0 spiro atoms. The second-order valence-corrected chi connectivity index (χ2v) is 13.8. The van der Waals surface area contributed by atoms with E-state index < -0.39 is 0 Å². The van der Waals surface area contributed by atoms with Crippen molar-refractivity contribution in [3.05, 3.63) is 164 Å². The lowest BCUT2D eigenvalue weighted by molar-refractivity contribution is 1.18. The van der Waals surface area contributed by atoms with E-state index in [1.54, 1.807) is 11.3 Å². The van der Waals surface area contributed by atoms with E-state index in [1.165, 1.54) is 30.8 Å². The number of benzene rings is 6. The molecule has 0 aliphatic rings. The Bertz CT molecular complexity index is 2330. The first-order valence-corrected chi connectivity index (χ1v) is 17.5. The van der Waals surface area contributed by atoms with Gasteiger partial charge in [0.15, 0.2) is 5.82 Å². The molecule has 226 valence electrons. The summed E-state index contributed by atoms with van der Waals surface area (Å²) in [6.45, 7) is 0. The number of thiophene rings is 1. The number of nitrogens with zero attached hydrogens (tertiary/aromatic N) is 3. The Hall–Kier alpha value is -5.75. The first-order chi connectivity index (χ1) is 23.7. The van der Waals surface area contributed by atoms with E-state index in [0.29, 0.717) is 5.82 Å². The Morgan fingerprint density at radius 2 is 0.896 bits per heavy atom. The lowest BCUT2D eigenvalue weighted by Crippen LogP contribution is -1.96. The molecule has 0 aliphatic carbocycles. The van der Waals surface area contributed by atoms with E-state index in [-0.39, 0.29) is 0 Å². The highest BCUT2D eigenvalue weighted by Gasteiger charge is 2.13. The van der Waals surface area contributed by atoms with Crippen LogP contribution >= 0.6 is 22.7 Å². The van der Waals surface area contributed by atoms with Gasteiger partial charge in [0, 0.05) is 31.8 Å². The van der Waals surface area contributed by atoms with Crippen molar-refractivity contribution in [3.8, 4) is 66.0 Å². The topological polar surface area (TPSA) is 38.7 Å². The van der Waals surface area contributed by atoms with Gasteiger partial charge in [-0.3, -0.25) is 0 Å². The third-order valence-electron chi connectivity index (χ3n) is 8.59. The third-order valence-corrected chi connectivity index (χ3v) is 10.8. The molecule has 0 N–H and O–H groups in total. The van der Waals surface area contributed by atoms with Crippen LogP contribution in [0.4, 0.5) is 0 Å². The minimum atomic E-state index is 0.700. The highest BCUT2D eigenvalue weighted by molar-refractivity contribution is 7.22. The van der Waals surface area contributed by atoms with E-state index in [1.807, 2.05) is 23.5 Å².